The molecule has 1 aliphatic carbocycles. The van der Waals surface area contributed by atoms with Gasteiger partial charge in [0.15, 0.2) is 0 Å². The SMILES string of the molecule is CCC(C)C1CCC(NC(=O)CCCCNc2cnc[nH]2)CC1. The number of anilines is 1. The van der Waals surface area contributed by atoms with Crippen molar-refractivity contribution < 1.29 is 4.79 Å². The smallest absolute Gasteiger partial charge is 0.220 e. The number of aromatic amines is 1. The average molecular weight is 320 g/mol. The molecule has 5 heteroatoms. The normalized spacial score (nSPS) is 22.5. The van der Waals surface area contributed by atoms with Gasteiger partial charge in [-0.25, -0.2) is 4.98 Å². The van der Waals surface area contributed by atoms with Gasteiger partial charge in [-0.1, -0.05) is 20.3 Å². The van der Waals surface area contributed by atoms with Gasteiger partial charge in [-0.15, -0.1) is 0 Å². The predicted molar refractivity (Wildman–Crippen MR) is 94.3 cm³/mol. The largest absolute Gasteiger partial charge is 0.370 e. The number of nitrogens with one attached hydrogen (secondary N) is 3. The van der Waals surface area contributed by atoms with Crippen molar-refractivity contribution in [3.8, 4) is 0 Å². The lowest BCUT2D eigenvalue weighted by molar-refractivity contribution is -0.122. The van der Waals surface area contributed by atoms with E-state index in [4.69, 9.17) is 0 Å². The van der Waals surface area contributed by atoms with E-state index in [0.717, 1.165) is 49.9 Å². The second-order valence-electron chi connectivity index (χ2n) is 6.91. The molecular weight excluding hydrogens is 288 g/mol. The Kier molecular flexibility index (Phi) is 7.43. The number of unbranched alkanes of at least 4 members (excludes halogenated alkanes) is 1. The zero-order chi connectivity index (χ0) is 16.5. The van der Waals surface area contributed by atoms with Crippen LogP contribution in [0.4, 0.5) is 5.82 Å². The van der Waals surface area contributed by atoms with Crippen LogP contribution in [0.3, 0.4) is 0 Å². The number of rotatable bonds is 9. The summed E-state index contributed by atoms with van der Waals surface area (Å²) in [5, 5.41) is 6.48. The van der Waals surface area contributed by atoms with Crippen LogP contribution in [0.1, 0.15) is 65.2 Å². The highest BCUT2D eigenvalue weighted by Gasteiger charge is 2.24. The molecular formula is C18H32N4O. The van der Waals surface area contributed by atoms with Crippen molar-refractivity contribution in [2.24, 2.45) is 11.8 Å². The Morgan fingerprint density at radius 3 is 2.78 bits per heavy atom. The first-order valence-electron chi connectivity index (χ1n) is 9.20. The van der Waals surface area contributed by atoms with Crippen LogP contribution in [0.2, 0.25) is 0 Å². The topological polar surface area (TPSA) is 69.8 Å². The van der Waals surface area contributed by atoms with Crippen LogP contribution in [0.25, 0.3) is 0 Å². The van der Waals surface area contributed by atoms with Gasteiger partial charge >= 0.3 is 0 Å². The third-order valence-electron chi connectivity index (χ3n) is 5.23. The summed E-state index contributed by atoms with van der Waals surface area (Å²) in [7, 11) is 0. The first-order valence-corrected chi connectivity index (χ1v) is 9.20. The van der Waals surface area contributed by atoms with Gasteiger partial charge in [0.2, 0.25) is 5.91 Å². The van der Waals surface area contributed by atoms with Crippen molar-refractivity contribution in [2.45, 2.75) is 71.3 Å². The number of carbonyl (C=O) groups is 1. The number of imidazole rings is 1. The highest BCUT2D eigenvalue weighted by Crippen LogP contribution is 2.31. The van der Waals surface area contributed by atoms with Crippen LogP contribution in [-0.4, -0.2) is 28.5 Å². The molecule has 1 aliphatic rings. The summed E-state index contributed by atoms with van der Waals surface area (Å²) >= 11 is 0. The van der Waals surface area contributed by atoms with E-state index in [9.17, 15) is 4.79 Å². The van der Waals surface area contributed by atoms with Gasteiger partial charge in [0.05, 0.1) is 12.5 Å². The fourth-order valence-corrected chi connectivity index (χ4v) is 3.45. The molecule has 3 N–H and O–H groups in total. The number of hydrogen-bond donors (Lipinski definition) is 3. The summed E-state index contributed by atoms with van der Waals surface area (Å²) in [6, 6.07) is 0.408. The molecule has 1 aromatic rings. The van der Waals surface area contributed by atoms with Crippen molar-refractivity contribution in [3.63, 3.8) is 0 Å². The third kappa shape index (κ3) is 6.24. The molecule has 0 radical (unpaired) electrons. The van der Waals surface area contributed by atoms with E-state index in [1.54, 1.807) is 12.5 Å². The van der Waals surface area contributed by atoms with Gasteiger partial charge in [0, 0.05) is 19.0 Å². The number of hydrogen-bond acceptors (Lipinski definition) is 3. The predicted octanol–water partition coefficient (Wildman–Crippen LogP) is 3.71. The van der Waals surface area contributed by atoms with E-state index in [-0.39, 0.29) is 5.91 Å². The second kappa shape index (κ2) is 9.58. The lowest BCUT2D eigenvalue weighted by atomic mass is 9.78. The molecule has 0 aliphatic heterocycles. The standard InChI is InChI=1S/C18H32N4O/c1-3-14(2)15-7-9-16(10-8-15)22-18(23)6-4-5-11-20-17-12-19-13-21-17/h12-16,20H,3-11H2,1-2H3,(H,19,21)(H,22,23). The molecule has 1 aromatic heterocycles. The van der Waals surface area contributed by atoms with Crippen LogP contribution in [0.15, 0.2) is 12.5 Å². The zero-order valence-electron chi connectivity index (χ0n) is 14.6. The molecule has 0 spiro atoms. The Morgan fingerprint density at radius 2 is 2.13 bits per heavy atom. The molecule has 1 unspecified atom stereocenters. The summed E-state index contributed by atoms with van der Waals surface area (Å²) < 4.78 is 0. The minimum Gasteiger partial charge on any atom is -0.370 e. The maximum absolute atomic E-state index is 12.0. The van der Waals surface area contributed by atoms with E-state index in [0.29, 0.717) is 12.5 Å². The second-order valence-corrected chi connectivity index (χ2v) is 6.91. The lowest BCUT2D eigenvalue weighted by Crippen LogP contribution is -2.38. The van der Waals surface area contributed by atoms with Crippen molar-refractivity contribution in [1.29, 1.82) is 0 Å². The van der Waals surface area contributed by atoms with Crippen molar-refractivity contribution in [3.05, 3.63) is 12.5 Å². The summed E-state index contributed by atoms with van der Waals surface area (Å²) in [6.45, 7) is 5.51. The van der Waals surface area contributed by atoms with Gasteiger partial charge in [-0.3, -0.25) is 4.79 Å². The monoisotopic (exact) mass is 320 g/mol. The number of amides is 1. The highest BCUT2D eigenvalue weighted by molar-refractivity contribution is 5.76. The fourth-order valence-electron chi connectivity index (χ4n) is 3.45. The maximum atomic E-state index is 12.0. The Labute approximate surface area is 140 Å². The van der Waals surface area contributed by atoms with Crippen LogP contribution in [0, 0.1) is 11.8 Å². The van der Waals surface area contributed by atoms with Gasteiger partial charge in [-0.2, -0.15) is 0 Å². The Bertz CT molecular complexity index is 438. The van der Waals surface area contributed by atoms with Crippen LogP contribution >= 0.6 is 0 Å². The van der Waals surface area contributed by atoms with Crippen LogP contribution < -0.4 is 10.6 Å². The minimum absolute atomic E-state index is 0.221. The number of carbonyl (C=O) groups excluding carboxylic acids is 1. The quantitative estimate of drug-likeness (QED) is 0.607. The van der Waals surface area contributed by atoms with E-state index >= 15 is 0 Å². The van der Waals surface area contributed by atoms with Gasteiger partial charge in [-0.05, 0) is 50.4 Å². The molecule has 1 fully saturated rings. The molecule has 2 rings (SSSR count). The highest BCUT2D eigenvalue weighted by atomic mass is 16.1. The molecule has 130 valence electrons. The lowest BCUT2D eigenvalue weighted by Gasteiger charge is -2.32. The number of nitrogens with zero attached hydrogens (tertiary/aromatic N) is 1. The maximum Gasteiger partial charge on any atom is 0.220 e. The Hall–Kier alpha value is -1.52. The van der Waals surface area contributed by atoms with E-state index in [1.165, 1.54) is 19.3 Å². The minimum atomic E-state index is 0.221. The molecule has 23 heavy (non-hydrogen) atoms. The van der Waals surface area contributed by atoms with Crippen molar-refractivity contribution in [1.82, 2.24) is 15.3 Å². The summed E-state index contributed by atoms with van der Waals surface area (Å²) in [4.78, 5) is 19.0. The average Bonchev–Trinajstić information content (AvgIpc) is 3.08. The van der Waals surface area contributed by atoms with Crippen LogP contribution in [0.5, 0.6) is 0 Å². The number of aromatic nitrogens is 2. The summed E-state index contributed by atoms with van der Waals surface area (Å²) in [5.41, 5.74) is 0. The molecule has 0 saturated heterocycles. The molecule has 1 saturated carbocycles. The van der Waals surface area contributed by atoms with Crippen molar-refractivity contribution in [2.75, 3.05) is 11.9 Å². The first-order chi connectivity index (χ1) is 11.2. The summed E-state index contributed by atoms with van der Waals surface area (Å²) in [5.74, 6) is 2.85. The zero-order valence-corrected chi connectivity index (χ0v) is 14.6. The number of H-pyrrole nitrogens is 1. The van der Waals surface area contributed by atoms with Crippen molar-refractivity contribution >= 4 is 11.7 Å². The molecule has 5 nitrogen and oxygen atoms in total. The molecule has 0 aromatic carbocycles. The molecule has 0 bridgehead atoms. The summed E-state index contributed by atoms with van der Waals surface area (Å²) in [6.07, 6.45) is 12.1. The van der Waals surface area contributed by atoms with Crippen LogP contribution in [-0.2, 0) is 4.79 Å². The molecule has 1 atom stereocenters. The van der Waals surface area contributed by atoms with Gasteiger partial charge in [0.25, 0.3) is 0 Å². The molecule has 1 heterocycles. The van der Waals surface area contributed by atoms with E-state index < -0.39 is 0 Å². The molecule has 1 amide bonds. The Balaban J connectivity index is 1.52. The van der Waals surface area contributed by atoms with E-state index in [1.807, 2.05) is 0 Å². The van der Waals surface area contributed by atoms with Gasteiger partial charge < -0.3 is 15.6 Å². The van der Waals surface area contributed by atoms with E-state index in [2.05, 4.69) is 34.4 Å². The van der Waals surface area contributed by atoms with Gasteiger partial charge in [0.1, 0.15) is 5.82 Å². The third-order valence-corrected chi connectivity index (χ3v) is 5.23. The fraction of sp³-hybridized carbons (Fsp3) is 0.778. The Morgan fingerprint density at radius 1 is 1.35 bits per heavy atom. The first kappa shape index (κ1) is 17.8.